The molecule has 0 saturated carbocycles. The number of rotatable bonds is 4. The van der Waals surface area contributed by atoms with Crippen molar-refractivity contribution in [1.82, 2.24) is 15.1 Å². The van der Waals surface area contributed by atoms with Crippen molar-refractivity contribution >= 4 is 0 Å². The molecule has 2 atom stereocenters. The number of hydrogen-bond acceptors (Lipinski definition) is 4. The predicted molar refractivity (Wildman–Crippen MR) is 80.6 cm³/mol. The third-order valence-electron chi connectivity index (χ3n) is 3.87. The van der Waals surface area contributed by atoms with Crippen molar-refractivity contribution in [1.29, 1.82) is 0 Å². The standard InChI is InChI=1S/C16H21N3O2/c1-11(18-12(2)14-6-7-17-19(14)3)13-4-5-15-16(10-13)21-9-8-20-15/h4-7,10-12,18H,8-9H2,1-3H3. The van der Waals surface area contributed by atoms with Crippen LogP contribution in [-0.2, 0) is 7.05 Å². The summed E-state index contributed by atoms with van der Waals surface area (Å²) in [7, 11) is 1.96. The van der Waals surface area contributed by atoms with E-state index in [1.807, 2.05) is 30.1 Å². The van der Waals surface area contributed by atoms with Crippen LogP contribution in [0.15, 0.2) is 30.5 Å². The number of benzene rings is 1. The van der Waals surface area contributed by atoms with Gasteiger partial charge in [0.2, 0.25) is 0 Å². The van der Waals surface area contributed by atoms with Gasteiger partial charge in [0, 0.05) is 25.3 Å². The van der Waals surface area contributed by atoms with Crippen LogP contribution in [0.3, 0.4) is 0 Å². The Kier molecular flexibility index (Phi) is 3.84. The Morgan fingerprint density at radius 3 is 2.57 bits per heavy atom. The number of nitrogens with zero attached hydrogens (tertiary/aromatic N) is 2. The molecule has 2 unspecified atom stereocenters. The maximum atomic E-state index is 5.64. The molecular weight excluding hydrogens is 266 g/mol. The van der Waals surface area contributed by atoms with E-state index in [2.05, 4.69) is 36.4 Å². The first kappa shape index (κ1) is 13.9. The topological polar surface area (TPSA) is 48.3 Å². The fourth-order valence-electron chi connectivity index (χ4n) is 2.69. The lowest BCUT2D eigenvalue weighted by Crippen LogP contribution is -2.24. The Morgan fingerprint density at radius 2 is 1.86 bits per heavy atom. The molecule has 2 aromatic rings. The number of aryl methyl sites for hydroxylation is 1. The molecule has 1 aromatic carbocycles. The first-order valence-electron chi connectivity index (χ1n) is 7.28. The summed E-state index contributed by atoms with van der Waals surface area (Å²) in [6.45, 7) is 5.53. The Morgan fingerprint density at radius 1 is 1.10 bits per heavy atom. The third-order valence-corrected chi connectivity index (χ3v) is 3.87. The van der Waals surface area contributed by atoms with E-state index in [0.29, 0.717) is 13.2 Å². The largest absolute Gasteiger partial charge is 0.486 e. The molecule has 1 aromatic heterocycles. The Bertz CT molecular complexity index is 624. The minimum absolute atomic E-state index is 0.214. The molecule has 0 radical (unpaired) electrons. The van der Waals surface area contributed by atoms with Crippen molar-refractivity contribution in [3.05, 3.63) is 41.7 Å². The highest BCUT2D eigenvalue weighted by Crippen LogP contribution is 2.33. The monoisotopic (exact) mass is 287 g/mol. The summed E-state index contributed by atoms with van der Waals surface area (Å²) >= 11 is 0. The van der Waals surface area contributed by atoms with E-state index >= 15 is 0 Å². The highest BCUT2D eigenvalue weighted by Gasteiger charge is 2.17. The van der Waals surface area contributed by atoms with Crippen LogP contribution in [-0.4, -0.2) is 23.0 Å². The van der Waals surface area contributed by atoms with Gasteiger partial charge in [0.25, 0.3) is 0 Å². The van der Waals surface area contributed by atoms with Gasteiger partial charge in [-0.15, -0.1) is 0 Å². The summed E-state index contributed by atoms with van der Waals surface area (Å²) in [4.78, 5) is 0. The lowest BCUT2D eigenvalue weighted by molar-refractivity contribution is 0.171. The number of fused-ring (bicyclic) bond motifs is 1. The second kappa shape index (κ2) is 5.77. The molecule has 1 aliphatic heterocycles. The summed E-state index contributed by atoms with van der Waals surface area (Å²) in [6, 6.07) is 8.60. The van der Waals surface area contributed by atoms with E-state index in [1.165, 1.54) is 11.3 Å². The van der Waals surface area contributed by atoms with Crippen molar-refractivity contribution in [2.45, 2.75) is 25.9 Å². The highest BCUT2D eigenvalue weighted by atomic mass is 16.6. The molecule has 2 heterocycles. The Labute approximate surface area is 124 Å². The summed E-state index contributed by atoms with van der Waals surface area (Å²) in [5, 5.41) is 7.80. The molecule has 0 saturated heterocycles. The predicted octanol–water partition coefficient (Wildman–Crippen LogP) is 2.60. The van der Waals surface area contributed by atoms with Crippen LogP contribution in [0.5, 0.6) is 11.5 Å². The van der Waals surface area contributed by atoms with Gasteiger partial charge in [0.1, 0.15) is 13.2 Å². The first-order valence-corrected chi connectivity index (χ1v) is 7.28. The van der Waals surface area contributed by atoms with Gasteiger partial charge in [-0.05, 0) is 37.6 Å². The maximum Gasteiger partial charge on any atom is 0.161 e. The van der Waals surface area contributed by atoms with Gasteiger partial charge in [-0.1, -0.05) is 6.07 Å². The van der Waals surface area contributed by atoms with Crippen LogP contribution in [0.2, 0.25) is 0 Å². The molecule has 112 valence electrons. The number of ether oxygens (including phenoxy) is 2. The summed E-state index contributed by atoms with van der Waals surface area (Å²) in [5.41, 5.74) is 2.35. The van der Waals surface area contributed by atoms with Crippen molar-refractivity contribution in [3.63, 3.8) is 0 Å². The Hall–Kier alpha value is -2.01. The number of aromatic nitrogens is 2. The van der Waals surface area contributed by atoms with E-state index in [9.17, 15) is 0 Å². The van der Waals surface area contributed by atoms with Gasteiger partial charge in [-0.2, -0.15) is 5.10 Å². The van der Waals surface area contributed by atoms with Crippen LogP contribution in [0.25, 0.3) is 0 Å². The number of hydrogen-bond donors (Lipinski definition) is 1. The zero-order valence-corrected chi connectivity index (χ0v) is 12.7. The normalized spacial score (nSPS) is 16.5. The molecule has 0 fully saturated rings. The average molecular weight is 287 g/mol. The molecule has 0 spiro atoms. The minimum atomic E-state index is 0.214. The van der Waals surface area contributed by atoms with Gasteiger partial charge < -0.3 is 14.8 Å². The molecule has 1 aliphatic rings. The van der Waals surface area contributed by atoms with E-state index < -0.39 is 0 Å². The zero-order valence-electron chi connectivity index (χ0n) is 12.7. The van der Waals surface area contributed by atoms with Crippen molar-refractivity contribution < 1.29 is 9.47 Å². The zero-order chi connectivity index (χ0) is 14.8. The van der Waals surface area contributed by atoms with E-state index in [4.69, 9.17) is 9.47 Å². The van der Waals surface area contributed by atoms with Crippen LogP contribution in [0, 0.1) is 0 Å². The molecule has 21 heavy (non-hydrogen) atoms. The fourth-order valence-corrected chi connectivity index (χ4v) is 2.69. The molecule has 3 rings (SSSR count). The van der Waals surface area contributed by atoms with E-state index in [0.717, 1.165) is 11.5 Å². The molecule has 0 aliphatic carbocycles. The van der Waals surface area contributed by atoms with Gasteiger partial charge in [0.15, 0.2) is 11.5 Å². The molecule has 1 N–H and O–H groups in total. The molecule has 0 amide bonds. The Balaban J connectivity index is 1.73. The summed E-state index contributed by atoms with van der Waals surface area (Å²) in [6.07, 6.45) is 1.82. The quantitative estimate of drug-likeness (QED) is 0.939. The van der Waals surface area contributed by atoms with Crippen molar-refractivity contribution in [2.24, 2.45) is 7.05 Å². The minimum Gasteiger partial charge on any atom is -0.486 e. The SMILES string of the molecule is CC(NC(C)c1ccnn1C)c1ccc2c(c1)OCCO2. The van der Waals surface area contributed by atoms with Crippen LogP contribution in [0.1, 0.15) is 37.2 Å². The van der Waals surface area contributed by atoms with Gasteiger partial charge in [0.05, 0.1) is 5.69 Å². The first-order chi connectivity index (χ1) is 10.1. The van der Waals surface area contributed by atoms with Crippen LogP contribution in [0.4, 0.5) is 0 Å². The molecular formula is C16H21N3O2. The van der Waals surface area contributed by atoms with Gasteiger partial charge in [-0.25, -0.2) is 0 Å². The van der Waals surface area contributed by atoms with E-state index in [1.54, 1.807) is 0 Å². The van der Waals surface area contributed by atoms with E-state index in [-0.39, 0.29) is 12.1 Å². The van der Waals surface area contributed by atoms with Crippen molar-refractivity contribution in [2.75, 3.05) is 13.2 Å². The average Bonchev–Trinajstić information content (AvgIpc) is 2.93. The summed E-state index contributed by atoms with van der Waals surface area (Å²) < 4.78 is 13.1. The number of nitrogens with one attached hydrogen (secondary N) is 1. The highest BCUT2D eigenvalue weighted by molar-refractivity contribution is 5.44. The van der Waals surface area contributed by atoms with Crippen LogP contribution < -0.4 is 14.8 Å². The second-order valence-electron chi connectivity index (χ2n) is 5.39. The fraction of sp³-hybridized carbons (Fsp3) is 0.438. The van der Waals surface area contributed by atoms with Gasteiger partial charge in [-0.3, -0.25) is 4.68 Å². The molecule has 5 nitrogen and oxygen atoms in total. The maximum absolute atomic E-state index is 5.64. The second-order valence-corrected chi connectivity index (χ2v) is 5.39. The molecule has 5 heteroatoms. The smallest absolute Gasteiger partial charge is 0.161 e. The summed E-state index contributed by atoms with van der Waals surface area (Å²) in [5.74, 6) is 1.66. The third kappa shape index (κ3) is 2.88. The van der Waals surface area contributed by atoms with Crippen molar-refractivity contribution in [3.8, 4) is 11.5 Å². The lowest BCUT2D eigenvalue weighted by Gasteiger charge is -2.23. The van der Waals surface area contributed by atoms with Crippen LogP contribution >= 0.6 is 0 Å². The lowest BCUT2D eigenvalue weighted by atomic mass is 10.1. The molecule has 0 bridgehead atoms. The van der Waals surface area contributed by atoms with Gasteiger partial charge >= 0.3 is 0 Å².